The lowest BCUT2D eigenvalue weighted by Crippen LogP contribution is -1.89. The van der Waals surface area contributed by atoms with Crippen LogP contribution in [0.5, 0.6) is 11.5 Å². The predicted octanol–water partition coefficient (Wildman–Crippen LogP) is 4.02. The molecule has 0 aromatic heterocycles. The van der Waals surface area contributed by atoms with Gasteiger partial charge in [-0.05, 0) is 36.8 Å². The third kappa shape index (κ3) is 2.47. The summed E-state index contributed by atoms with van der Waals surface area (Å²) < 4.78 is 5.71. The van der Waals surface area contributed by atoms with E-state index >= 15 is 0 Å². The molecule has 0 fully saturated rings. The molecule has 0 aliphatic carbocycles. The highest BCUT2D eigenvalue weighted by Gasteiger charge is 2.02. The number of anilines is 1. The van der Waals surface area contributed by atoms with Crippen molar-refractivity contribution in [2.75, 3.05) is 5.73 Å². The molecule has 0 heterocycles. The molecule has 0 saturated carbocycles. The molecule has 2 aromatic carbocycles. The number of hydrogen-bond donors (Lipinski definition) is 1. The molecule has 0 unspecified atom stereocenters. The lowest BCUT2D eigenvalue weighted by atomic mass is 10.2. The first-order valence-corrected chi connectivity index (χ1v) is 5.32. The molecule has 0 aliphatic rings. The summed E-state index contributed by atoms with van der Waals surface area (Å²) >= 11 is 5.91. The lowest BCUT2D eigenvalue weighted by Gasteiger charge is -2.09. The second-order valence-corrected chi connectivity index (χ2v) is 4.02. The second-order valence-electron chi connectivity index (χ2n) is 3.58. The normalized spacial score (nSPS) is 10.1. The zero-order valence-corrected chi connectivity index (χ0v) is 9.66. The van der Waals surface area contributed by atoms with Crippen molar-refractivity contribution in [1.29, 1.82) is 0 Å². The van der Waals surface area contributed by atoms with Gasteiger partial charge in [0.05, 0.1) is 0 Å². The van der Waals surface area contributed by atoms with Gasteiger partial charge in [-0.3, -0.25) is 0 Å². The van der Waals surface area contributed by atoms with Crippen LogP contribution in [0.15, 0.2) is 42.5 Å². The van der Waals surface area contributed by atoms with Crippen LogP contribution >= 0.6 is 11.6 Å². The van der Waals surface area contributed by atoms with Crippen molar-refractivity contribution in [3.8, 4) is 11.5 Å². The van der Waals surface area contributed by atoms with Gasteiger partial charge < -0.3 is 10.5 Å². The summed E-state index contributed by atoms with van der Waals surface area (Å²) in [5, 5.41) is 0.657. The maximum absolute atomic E-state index is 5.91. The Balaban J connectivity index is 2.30. The van der Waals surface area contributed by atoms with E-state index in [1.165, 1.54) is 0 Å². The molecule has 3 heteroatoms. The van der Waals surface area contributed by atoms with Gasteiger partial charge in [-0.1, -0.05) is 23.7 Å². The third-order valence-electron chi connectivity index (χ3n) is 2.24. The molecular formula is C13H12ClNO. The molecule has 2 nitrogen and oxygen atoms in total. The standard InChI is InChI=1S/C13H12ClNO/c1-9-5-6-10(14)7-13(9)16-12-4-2-3-11(15)8-12/h2-8H,15H2,1H3. The van der Waals surface area contributed by atoms with Crippen molar-refractivity contribution in [3.05, 3.63) is 53.1 Å². The Morgan fingerprint density at radius 3 is 2.69 bits per heavy atom. The highest BCUT2D eigenvalue weighted by Crippen LogP contribution is 2.28. The number of nitrogen functional groups attached to an aromatic ring is 1. The summed E-state index contributed by atoms with van der Waals surface area (Å²) in [4.78, 5) is 0. The van der Waals surface area contributed by atoms with Crippen LogP contribution in [-0.4, -0.2) is 0 Å². The Bertz CT molecular complexity index is 511. The first-order chi connectivity index (χ1) is 7.65. The molecule has 0 atom stereocenters. The van der Waals surface area contributed by atoms with E-state index < -0.39 is 0 Å². The van der Waals surface area contributed by atoms with Crippen molar-refractivity contribution in [1.82, 2.24) is 0 Å². The number of aryl methyl sites for hydroxylation is 1. The molecule has 0 spiro atoms. The van der Waals surface area contributed by atoms with Gasteiger partial charge in [-0.15, -0.1) is 0 Å². The molecule has 2 aromatic rings. The van der Waals surface area contributed by atoms with Crippen LogP contribution in [0.25, 0.3) is 0 Å². The Morgan fingerprint density at radius 1 is 1.12 bits per heavy atom. The third-order valence-corrected chi connectivity index (χ3v) is 2.47. The number of rotatable bonds is 2. The van der Waals surface area contributed by atoms with Crippen molar-refractivity contribution < 1.29 is 4.74 Å². The predicted molar refractivity (Wildman–Crippen MR) is 67.1 cm³/mol. The van der Waals surface area contributed by atoms with Gasteiger partial charge in [0.2, 0.25) is 0 Å². The lowest BCUT2D eigenvalue weighted by molar-refractivity contribution is 0.479. The minimum atomic E-state index is 0.657. The highest BCUT2D eigenvalue weighted by atomic mass is 35.5. The number of nitrogens with two attached hydrogens (primary N) is 1. The van der Waals surface area contributed by atoms with Crippen LogP contribution < -0.4 is 10.5 Å². The number of ether oxygens (including phenoxy) is 1. The molecule has 0 amide bonds. The van der Waals surface area contributed by atoms with Crippen molar-refractivity contribution in [2.24, 2.45) is 0 Å². The second kappa shape index (κ2) is 4.45. The van der Waals surface area contributed by atoms with E-state index in [1.807, 2.05) is 37.3 Å². The topological polar surface area (TPSA) is 35.2 Å². The Kier molecular flexibility index (Phi) is 3.02. The Labute approximate surface area is 99.6 Å². The molecule has 0 aliphatic heterocycles. The van der Waals surface area contributed by atoms with Gasteiger partial charge in [0.1, 0.15) is 11.5 Å². The van der Waals surface area contributed by atoms with E-state index in [4.69, 9.17) is 22.1 Å². The minimum Gasteiger partial charge on any atom is -0.457 e. The van der Waals surface area contributed by atoms with Crippen LogP contribution in [-0.2, 0) is 0 Å². The van der Waals surface area contributed by atoms with E-state index in [0.29, 0.717) is 16.5 Å². The van der Waals surface area contributed by atoms with E-state index in [0.717, 1.165) is 11.3 Å². The molecule has 0 saturated heterocycles. The monoisotopic (exact) mass is 233 g/mol. The summed E-state index contributed by atoms with van der Waals surface area (Å²) in [5.74, 6) is 1.46. The quantitative estimate of drug-likeness (QED) is 0.795. The van der Waals surface area contributed by atoms with Gasteiger partial charge in [-0.25, -0.2) is 0 Å². The van der Waals surface area contributed by atoms with Gasteiger partial charge in [0.25, 0.3) is 0 Å². The number of benzene rings is 2. The Morgan fingerprint density at radius 2 is 1.94 bits per heavy atom. The first-order valence-electron chi connectivity index (χ1n) is 4.95. The number of hydrogen-bond acceptors (Lipinski definition) is 2. The largest absolute Gasteiger partial charge is 0.457 e. The average Bonchev–Trinajstić information content (AvgIpc) is 2.24. The van der Waals surface area contributed by atoms with E-state index in [1.54, 1.807) is 12.1 Å². The molecular weight excluding hydrogens is 222 g/mol. The molecule has 2 rings (SSSR count). The maximum atomic E-state index is 5.91. The zero-order valence-electron chi connectivity index (χ0n) is 8.91. The molecule has 0 bridgehead atoms. The van der Waals surface area contributed by atoms with Crippen LogP contribution in [0, 0.1) is 6.92 Å². The molecule has 2 N–H and O–H groups in total. The number of halogens is 1. The highest BCUT2D eigenvalue weighted by molar-refractivity contribution is 6.30. The molecule has 16 heavy (non-hydrogen) atoms. The van der Waals surface area contributed by atoms with Crippen LogP contribution in [0.1, 0.15) is 5.56 Å². The smallest absolute Gasteiger partial charge is 0.131 e. The summed E-state index contributed by atoms with van der Waals surface area (Å²) in [6.07, 6.45) is 0. The maximum Gasteiger partial charge on any atom is 0.131 e. The Hall–Kier alpha value is -1.67. The minimum absolute atomic E-state index is 0.657. The fraction of sp³-hybridized carbons (Fsp3) is 0.0769. The summed E-state index contributed by atoms with van der Waals surface area (Å²) in [7, 11) is 0. The van der Waals surface area contributed by atoms with E-state index in [9.17, 15) is 0 Å². The van der Waals surface area contributed by atoms with Crippen LogP contribution in [0.2, 0.25) is 5.02 Å². The molecule has 82 valence electrons. The molecule has 0 radical (unpaired) electrons. The fourth-order valence-electron chi connectivity index (χ4n) is 1.39. The van der Waals surface area contributed by atoms with Gasteiger partial charge in [0, 0.05) is 16.8 Å². The zero-order chi connectivity index (χ0) is 11.5. The van der Waals surface area contributed by atoms with Crippen molar-refractivity contribution >= 4 is 17.3 Å². The van der Waals surface area contributed by atoms with Crippen LogP contribution in [0.3, 0.4) is 0 Å². The van der Waals surface area contributed by atoms with Gasteiger partial charge in [-0.2, -0.15) is 0 Å². The summed E-state index contributed by atoms with van der Waals surface area (Å²) in [6.45, 7) is 1.97. The van der Waals surface area contributed by atoms with Gasteiger partial charge in [0.15, 0.2) is 0 Å². The van der Waals surface area contributed by atoms with Crippen molar-refractivity contribution in [2.45, 2.75) is 6.92 Å². The fourth-order valence-corrected chi connectivity index (χ4v) is 1.55. The van der Waals surface area contributed by atoms with E-state index in [-0.39, 0.29) is 0 Å². The van der Waals surface area contributed by atoms with Crippen molar-refractivity contribution in [3.63, 3.8) is 0 Å². The summed E-state index contributed by atoms with van der Waals surface area (Å²) in [5.41, 5.74) is 7.39. The summed E-state index contributed by atoms with van der Waals surface area (Å²) in [6, 6.07) is 12.9. The van der Waals surface area contributed by atoms with Gasteiger partial charge >= 0.3 is 0 Å². The van der Waals surface area contributed by atoms with E-state index in [2.05, 4.69) is 0 Å². The van der Waals surface area contributed by atoms with Crippen LogP contribution in [0.4, 0.5) is 5.69 Å². The first kappa shape index (κ1) is 10.8. The average molecular weight is 234 g/mol. The SMILES string of the molecule is Cc1ccc(Cl)cc1Oc1cccc(N)c1.